The highest BCUT2D eigenvalue weighted by Gasteiger charge is 2.12. The molecule has 19 heavy (non-hydrogen) atoms. The Hall–Kier alpha value is -2.01. The molecule has 1 aromatic carbocycles. The second-order valence-corrected chi connectivity index (χ2v) is 4.63. The molecule has 0 N–H and O–H groups in total. The van der Waals surface area contributed by atoms with E-state index >= 15 is 0 Å². The van der Waals surface area contributed by atoms with Crippen molar-refractivity contribution in [2.75, 3.05) is 20.3 Å². The van der Waals surface area contributed by atoms with Gasteiger partial charge in [-0.15, -0.1) is 0 Å². The van der Waals surface area contributed by atoms with Crippen LogP contribution in [0.25, 0.3) is 0 Å². The zero-order valence-electron chi connectivity index (χ0n) is 10.8. The third-order valence-corrected chi connectivity index (χ3v) is 2.98. The largest absolute Gasteiger partial charge is 0.486 e. The Balaban J connectivity index is 1.66. The number of aromatic nitrogens is 1. The van der Waals surface area contributed by atoms with Crippen LogP contribution in [0.1, 0.15) is 11.3 Å². The molecule has 2 aromatic rings. The maximum absolute atomic E-state index is 5.58. The first kappa shape index (κ1) is 12.0. The van der Waals surface area contributed by atoms with E-state index in [1.807, 2.05) is 25.2 Å². The van der Waals surface area contributed by atoms with Crippen molar-refractivity contribution in [3.8, 4) is 11.5 Å². The topological polar surface area (TPSA) is 47.7 Å². The van der Waals surface area contributed by atoms with E-state index in [2.05, 4.69) is 16.1 Å². The molecule has 0 aliphatic carbocycles. The highest BCUT2D eigenvalue weighted by Crippen LogP contribution is 2.31. The average Bonchev–Trinajstić information content (AvgIpc) is 2.91. The molecule has 0 fully saturated rings. The van der Waals surface area contributed by atoms with Crippen molar-refractivity contribution < 1.29 is 14.0 Å². The molecule has 5 heteroatoms. The molecule has 0 saturated carbocycles. The molecule has 2 heterocycles. The summed E-state index contributed by atoms with van der Waals surface area (Å²) in [5.74, 6) is 2.52. The van der Waals surface area contributed by atoms with Crippen molar-refractivity contribution in [2.24, 2.45) is 0 Å². The number of fused-ring (bicyclic) bond motifs is 1. The Morgan fingerprint density at radius 1 is 1.11 bits per heavy atom. The Morgan fingerprint density at radius 3 is 2.74 bits per heavy atom. The zero-order valence-corrected chi connectivity index (χ0v) is 10.8. The zero-order chi connectivity index (χ0) is 13.1. The predicted octanol–water partition coefficient (Wildman–Crippen LogP) is 2.08. The van der Waals surface area contributed by atoms with Crippen molar-refractivity contribution in [1.82, 2.24) is 10.1 Å². The van der Waals surface area contributed by atoms with E-state index in [1.54, 1.807) is 6.20 Å². The molecule has 5 nitrogen and oxygen atoms in total. The molecular formula is C14H16N2O3. The summed E-state index contributed by atoms with van der Waals surface area (Å²) in [4.78, 5) is 2.16. The van der Waals surface area contributed by atoms with Crippen molar-refractivity contribution in [3.63, 3.8) is 0 Å². The van der Waals surface area contributed by atoms with E-state index in [1.165, 1.54) is 5.56 Å². The molecule has 1 aliphatic rings. The van der Waals surface area contributed by atoms with Crippen molar-refractivity contribution in [3.05, 3.63) is 41.8 Å². The highest BCUT2D eigenvalue weighted by molar-refractivity contribution is 5.43. The summed E-state index contributed by atoms with van der Waals surface area (Å²) in [5.41, 5.74) is 1.19. The smallest absolute Gasteiger partial charge is 0.161 e. The van der Waals surface area contributed by atoms with Crippen LogP contribution in [0.15, 0.2) is 35.0 Å². The molecule has 0 radical (unpaired) electrons. The van der Waals surface area contributed by atoms with Gasteiger partial charge in [0, 0.05) is 12.6 Å². The number of hydrogen-bond acceptors (Lipinski definition) is 5. The van der Waals surface area contributed by atoms with Gasteiger partial charge in [-0.3, -0.25) is 4.90 Å². The first-order chi connectivity index (χ1) is 9.31. The van der Waals surface area contributed by atoms with Crippen LogP contribution >= 0.6 is 0 Å². The molecule has 0 unspecified atom stereocenters. The Morgan fingerprint density at radius 2 is 1.95 bits per heavy atom. The predicted molar refractivity (Wildman–Crippen MR) is 69.1 cm³/mol. The van der Waals surface area contributed by atoms with Crippen LogP contribution in [0.4, 0.5) is 0 Å². The van der Waals surface area contributed by atoms with Gasteiger partial charge >= 0.3 is 0 Å². The van der Waals surface area contributed by atoms with Crippen molar-refractivity contribution in [1.29, 1.82) is 0 Å². The van der Waals surface area contributed by atoms with Crippen molar-refractivity contribution in [2.45, 2.75) is 13.1 Å². The lowest BCUT2D eigenvalue weighted by molar-refractivity contribution is 0.171. The normalized spacial score (nSPS) is 13.8. The molecule has 1 aliphatic heterocycles. The Labute approximate surface area is 111 Å². The standard InChI is InChI=1S/C14H16N2O3/c1-16(10-12-4-5-15-19-12)9-11-2-3-13-14(8-11)18-7-6-17-13/h2-5,8H,6-7,9-10H2,1H3. The lowest BCUT2D eigenvalue weighted by Gasteiger charge is -2.20. The van der Waals surface area contributed by atoms with Gasteiger partial charge in [0.05, 0.1) is 12.7 Å². The van der Waals surface area contributed by atoms with E-state index in [9.17, 15) is 0 Å². The Bertz CT molecular complexity index is 540. The summed E-state index contributed by atoms with van der Waals surface area (Å²) >= 11 is 0. The van der Waals surface area contributed by atoms with E-state index in [0.717, 1.165) is 30.3 Å². The van der Waals surface area contributed by atoms with Crippen LogP contribution < -0.4 is 9.47 Å². The van der Waals surface area contributed by atoms with Crippen molar-refractivity contribution >= 4 is 0 Å². The lowest BCUT2D eigenvalue weighted by atomic mass is 10.2. The SMILES string of the molecule is CN(Cc1ccc2c(c1)OCCO2)Cc1ccno1. The second-order valence-electron chi connectivity index (χ2n) is 4.63. The lowest BCUT2D eigenvalue weighted by Crippen LogP contribution is -2.18. The number of rotatable bonds is 4. The van der Waals surface area contributed by atoms with E-state index in [0.29, 0.717) is 13.2 Å². The molecule has 3 rings (SSSR count). The molecule has 0 atom stereocenters. The highest BCUT2D eigenvalue weighted by atomic mass is 16.6. The molecule has 0 amide bonds. The van der Waals surface area contributed by atoms with Gasteiger partial charge in [0.15, 0.2) is 17.3 Å². The molecule has 0 bridgehead atoms. The van der Waals surface area contributed by atoms with E-state index < -0.39 is 0 Å². The molecule has 0 saturated heterocycles. The van der Waals surface area contributed by atoms with Gasteiger partial charge in [-0.05, 0) is 24.7 Å². The third-order valence-electron chi connectivity index (χ3n) is 2.98. The van der Waals surface area contributed by atoms with Crippen LogP contribution in [0, 0.1) is 0 Å². The monoisotopic (exact) mass is 260 g/mol. The maximum atomic E-state index is 5.58. The second kappa shape index (κ2) is 5.32. The maximum Gasteiger partial charge on any atom is 0.161 e. The fourth-order valence-corrected chi connectivity index (χ4v) is 2.14. The van der Waals surface area contributed by atoms with Crippen LogP contribution in [0.2, 0.25) is 0 Å². The fourth-order valence-electron chi connectivity index (χ4n) is 2.14. The summed E-state index contributed by atoms with van der Waals surface area (Å²) in [7, 11) is 2.04. The summed E-state index contributed by atoms with van der Waals surface area (Å²) in [5, 5.41) is 3.70. The number of hydrogen-bond donors (Lipinski definition) is 0. The minimum atomic E-state index is 0.615. The minimum absolute atomic E-state index is 0.615. The van der Waals surface area contributed by atoms with Crippen LogP contribution in [-0.2, 0) is 13.1 Å². The summed E-state index contributed by atoms with van der Waals surface area (Å²) in [6, 6.07) is 7.93. The summed E-state index contributed by atoms with van der Waals surface area (Å²) in [6.45, 7) is 2.79. The minimum Gasteiger partial charge on any atom is -0.486 e. The average molecular weight is 260 g/mol. The van der Waals surface area contributed by atoms with Gasteiger partial charge in [0.2, 0.25) is 0 Å². The van der Waals surface area contributed by atoms with E-state index in [4.69, 9.17) is 14.0 Å². The first-order valence-electron chi connectivity index (χ1n) is 6.28. The number of ether oxygens (including phenoxy) is 2. The van der Waals surface area contributed by atoms with Gasteiger partial charge in [-0.25, -0.2) is 0 Å². The third kappa shape index (κ3) is 2.88. The quantitative estimate of drug-likeness (QED) is 0.842. The van der Waals surface area contributed by atoms with E-state index in [-0.39, 0.29) is 0 Å². The molecule has 1 aromatic heterocycles. The van der Waals surface area contributed by atoms with Gasteiger partial charge < -0.3 is 14.0 Å². The van der Waals surface area contributed by atoms with Crippen LogP contribution in [0.5, 0.6) is 11.5 Å². The number of benzene rings is 1. The fraction of sp³-hybridized carbons (Fsp3) is 0.357. The number of nitrogens with zero attached hydrogens (tertiary/aromatic N) is 2. The van der Waals surface area contributed by atoms with Gasteiger partial charge in [-0.1, -0.05) is 11.2 Å². The summed E-state index contributed by atoms with van der Waals surface area (Å²) < 4.78 is 16.2. The molecule has 100 valence electrons. The van der Waals surface area contributed by atoms with Crippen LogP contribution in [0.3, 0.4) is 0 Å². The first-order valence-corrected chi connectivity index (χ1v) is 6.28. The molecular weight excluding hydrogens is 244 g/mol. The van der Waals surface area contributed by atoms with Gasteiger partial charge in [-0.2, -0.15) is 0 Å². The van der Waals surface area contributed by atoms with Gasteiger partial charge in [0.25, 0.3) is 0 Å². The summed E-state index contributed by atoms with van der Waals surface area (Å²) in [6.07, 6.45) is 1.66. The van der Waals surface area contributed by atoms with Gasteiger partial charge in [0.1, 0.15) is 13.2 Å². The molecule has 0 spiro atoms. The Kier molecular flexibility index (Phi) is 3.37. The van der Waals surface area contributed by atoms with Crippen LogP contribution in [-0.4, -0.2) is 30.3 Å².